The zero-order valence-electron chi connectivity index (χ0n) is 25.6. The lowest BCUT2D eigenvalue weighted by Crippen LogP contribution is -2.04. The number of allylic oxidation sites excluding steroid dienone is 4. The fourth-order valence-electron chi connectivity index (χ4n) is 6.65. The molecule has 9 rings (SSSR count). The molecule has 0 fully saturated rings. The second kappa shape index (κ2) is 11.3. The van der Waals surface area contributed by atoms with Crippen molar-refractivity contribution in [1.29, 1.82) is 0 Å². The van der Waals surface area contributed by atoms with Crippen LogP contribution in [0.3, 0.4) is 0 Å². The Morgan fingerprint density at radius 2 is 1.13 bits per heavy atom. The third kappa shape index (κ3) is 4.91. The lowest BCUT2D eigenvalue weighted by Gasteiger charge is -2.13. The first kappa shape index (κ1) is 27.2. The van der Waals surface area contributed by atoms with Gasteiger partial charge in [-0.05, 0) is 69.6 Å². The van der Waals surface area contributed by atoms with Crippen LogP contribution in [0.5, 0.6) is 0 Å². The largest absolute Gasteiger partial charge is 0.456 e. The molecule has 4 nitrogen and oxygen atoms in total. The molecule has 0 saturated carbocycles. The molecule has 1 aliphatic rings. The van der Waals surface area contributed by atoms with Gasteiger partial charge in [0, 0.05) is 21.9 Å². The minimum atomic E-state index is 0.634. The lowest BCUT2D eigenvalue weighted by molar-refractivity contribution is 0.669. The van der Waals surface area contributed by atoms with Crippen LogP contribution in [0.15, 0.2) is 156 Å². The second-order valence-corrected chi connectivity index (χ2v) is 11.9. The number of benzene rings is 6. The van der Waals surface area contributed by atoms with Crippen LogP contribution in [0.2, 0.25) is 0 Å². The third-order valence-electron chi connectivity index (χ3n) is 9.01. The van der Waals surface area contributed by atoms with Gasteiger partial charge in [-0.2, -0.15) is 0 Å². The van der Waals surface area contributed by atoms with E-state index >= 15 is 0 Å². The van der Waals surface area contributed by atoms with E-state index in [9.17, 15) is 0 Å². The molecule has 0 unspecified atom stereocenters. The van der Waals surface area contributed by atoms with Gasteiger partial charge in [-0.15, -0.1) is 0 Å². The molecule has 2 heterocycles. The molecule has 0 radical (unpaired) electrons. The standard InChI is InChI=1S/C43H29N3O/c1-3-12-30(13-4-1)35-17-9-19-37-39(35)40-36(18-10-20-38(40)47-37)43-45-41(31-14-5-2-6-15-31)44-42(46-43)32-24-21-29(22-25-32)34-26-23-28-11-7-8-16-33(28)27-34/h1-5,7-14,16-27H,6,15H2. The average molecular weight is 604 g/mol. The minimum Gasteiger partial charge on any atom is -0.456 e. The van der Waals surface area contributed by atoms with Gasteiger partial charge in [0.2, 0.25) is 0 Å². The minimum absolute atomic E-state index is 0.634. The zero-order chi connectivity index (χ0) is 31.2. The molecule has 222 valence electrons. The maximum atomic E-state index is 6.43. The van der Waals surface area contributed by atoms with E-state index in [-0.39, 0.29) is 0 Å². The summed E-state index contributed by atoms with van der Waals surface area (Å²) in [5, 5.41) is 4.54. The highest BCUT2D eigenvalue weighted by atomic mass is 16.3. The highest BCUT2D eigenvalue weighted by molar-refractivity contribution is 6.17. The molecule has 0 atom stereocenters. The van der Waals surface area contributed by atoms with Crippen molar-refractivity contribution in [2.75, 3.05) is 0 Å². The second-order valence-electron chi connectivity index (χ2n) is 11.9. The first-order valence-electron chi connectivity index (χ1n) is 16.0. The Kier molecular flexibility index (Phi) is 6.57. The molecule has 47 heavy (non-hydrogen) atoms. The van der Waals surface area contributed by atoms with Gasteiger partial charge in [0.05, 0.1) is 0 Å². The lowest BCUT2D eigenvalue weighted by atomic mass is 9.97. The van der Waals surface area contributed by atoms with E-state index in [4.69, 9.17) is 19.4 Å². The zero-order valence-corrected chi connectivity index (χ0v) is 25.6. The van der Waals surface area contributed by atoms with E-state index < -0.39 is 0 Å². The van der Waals surface area contributed by atoms with E-state index in [0.29, 0.717) is 17.5 Å². The van der Waals surface area contributed by atoms with E-state index in [1.54, 1.807) is 0 Å². The Labute approximate surface area is 272 Å². The Hall–Kier alpha value is -6.13. The highest BCUT2D eigenvalue weighted by Crippen LogP contribution is 2.41. The quantitative estimate of drug-likeness (QED) is 0.196. The van der Waals surface area contributed by atoms with Gasteiger partial charge in [0.25, 0.3) is 0 Å². The molecule has 0 saturated heterocycles. The molecule has 0 amide bonds. The van der Waals surface area contributed by atoms with Crippen LogP contribution in [-0.4, -0.2) is 15.0 Å². The van der Waals surface area contributed by atoms with E-state index in [1.807, 2.05) is 24.3 Å². The summed E-state index contributed by atoms with van der Waals surface area (Å²) in [7, 11) is 0. The summed E-state index contributed by atoms with van der Waals surface area (Å²) in [4.78, 5) is 15.3. The SMILES string of the molecule is C1=CCCC(c2nc(-c3ccc(-c4ccc5ccccc5c4)cc3)nc(-c3cccc4oc5cccc(-c6ccccc6)c5c34)n2)=C1. The summed E-state index contributed by atoms with van der Waals surface area (Å²) >= 11 is 0. The van der Waals surface area contributed by atoms with Crippen molar-refractivity contribution < 1.29 is 4.42 Å². The van der Waals surface area contributed by atoms with Crippen molar-refractivity contribution in [2.45, 2.75) is 12.8 Å². The van der Waals surface area contributed by atoms with E-state index in [0.717, 1.165) is 68.2 Å². The summed E-state index contributed by atoms with van der Waals surface area (Å²) in [6.45, 7) is 0. The Morgan fingerprint density at radius 1 is 0.468 bits per heavy atom. The normalized spacial score (nSPS) is 13.0. The van der Waals surface area contributed by atoms with Gasteiger partial charge >= 0.3 is 0 Å². The Morgan fingerprint density at radius 3 is 1.91 bits per heavy atom. The number of aromatic nitrogens is 3. The molecule has 8 aromatic rings. The third-order valence-corrected chi connectivity index (χ3v) is 9.01. The predicted octanol–water partition coefficient (Wildman–Crippen LogP) is 11.3. The van der Waals surface area contributed by atoms with E-state index in [2.05, 4.69) is 127 Å². The van der Waals surface area contributed by atoms with Gasteiger partial charge < -0.3 is 4.42 Å². The molecule has 0 N–H and O–H groups in total. The summed E-state index contributed by atoms with van der Waals surface area (Å²) in [6.07, 6.45) is 8.25. The summed E-state index contributed by atoms with van der Waals surface area (Å²) in [5.74, 6) is 2.00. The Bertz CT molecular complexity index is 2510. The van der Waals surface area contributed by atoms with Gasteiger partial charge in [-0.25, -0.2) is 15.0 Å². The number of furan rings is 1. The maximum Gasteiger partial charge on any atom is 0.164 e. The predicted molar refractivity (Wildman–Crippen MR) is 193 cm³/mol. The number of rotatable bonds is 5. The molecular formula is C43H29N3O. The first-order chi connectivity index (χ1) is 23.3. The first-order valence-corrected chi connectivity index (χ1v) is 16.0. The molecule has 1 aliphatic carbocycles. The maximum absolute atomic E-state index is 6.43. The number of hydrogen-bond acceptors (Lipinski definition) is 4. The van der Waals surface area contributed by atoms with Crippen molar-refractivity contribution in [3.63, 3.8) is 0 Å². The van der Waals surface area contributed by atoms with Crippen LogP contribution in [0, 0.1) is 0 Å². The molecule has 6 aromatic carbocycles. The number of hydrogen-bond donors (Lipinski definition) is 0. The van der Waals surface area contributed by atoms with Gasteiger partial charge in [-0.3, -0.25) is 0 Å². The van der Waals surface area contributed by atoms with Crippen LogP contribution < -0.4 is 0 Å². The summed E-state index contributed by atoms with van der Waals surface area (Å²) in [5.41, 5.74) is 9.22. The van der Waals surface area contributed by atoms with Crippen molar-refractivity contribution in [3.05, 3.63) is 158 Å². The average Bonchev–Trinajstić information content (AvgIpc) is 3.54. The summed E-state index contributed by atoms with van der Waals surface area (Å²) in [6, 6.07) is 46.4. The molecular weight excluding hydrogens is 574 g/mol. The van der Waals surface area contributed by atoms with Crippen molar-refractivity contribution in [3.8, 4) is 45.0 Å². The van der Waals surface area contributed by atoms with Gasteiger partial charge in [0.1, 0.15) is 11.2 Å². The molecule has 0 bridgehead atoms. The molecule has 4 heteroatoms. The Balaban J connectivity index is 1.21. The van der Waals surface area contributed by atoms with Crippen LogP contribution in [0.25, 0.3) is 83.3 Å². The summed E-state index contributed by atoms with van der Waals surface area (Å²) < 4.78 is 6.43. The van der Waals surface area contributed by atoms with Crippen molar-refractivity contribution in [2.24, 2.45) is 0 Å². The van der Waals surface area contributed by atoms with Crippen molar-refractivity contribution in [1.82, 2.24) is 15.0 Å². The fraction of sp³-hybridized carbons (Fsp3) is 0.0465. The molecule has 0 spiro atoms. The van der Waals surface area contributed by atoms with Crippen molar-refractivity contribution >= 4 is 38.3 Å². The number of nitrogens with zero attached hydrogens (tertiary/aromatic N) is 3. The van der Waals surface area contributed by atoms with Crippen LogP contribution in [-0.2, 0) is 0 Å². The molecule has 2 aromatic heterocycles. The van der Waals surface area contributed by atoms with Crippen LogP contribution in [0.1, 0.15) is 18.7 Å². The van der Waals surface area contributed by atoms with Crippen LogP contribution in [0.4, 0.5) is 0 Å². The topological polar surface area (TPSA) is 51.8 Å². The number of fused-ring (bicyclic) bond motifs is 4. The van der Waals surface area contributed by atoms with E-state index in [1.165, 1.54) is 16.3 Å². The van der Waals surface area contributed by atoms with Crippen LogP contribution >= 0.6 is 0 Å². The van der Waals surface area contributed by atoms with Gasteiger partial charge in [-0.1, -0.05) is 133 Å². The molecule has 0 aliphatic heterocycles. The van der Waals surface area contributed by atoms with Gasteiger partial charge in [0.15, 0.2) is 17.5 Å². The monoisotopic (exact) mass is 603 g/mol. The highest BCUT2D eigenvalue weighted by Gasteiger charge is 2.20. The smallest absolute Gasteiger partial charge is 0.164 e. The fourth-order valence-corrected chi connectivity index (χ4v) is 6.65.